The summed E-state index contributed by atoms with van der Waals surface area (Å²) in [6, 6.07) is 5.13. The number of carbonyl (C=O) groups is 3. The van der Waals surface area contributed by atoms with Gasteiger partial charge in [0.2, 0.25) is 0 Å². The molecule has 0 unspecified atom stereocenters. The number of hydrogen-bond donors (Lipinski definition) is 3. The first-order valence-electron chi connectivity index (χ1n) is 10.0. The van der Waals surface area contributed by atoms with Crippen LogP contribution in [0.2, 0.25) is 0 Å². The van der Waals surface area contributed by atoms with Gasteiger partial charge in [0, 0.05) is 18.5 Å². The van der Waals surface area contributed by atoms with Crippen LogP contribution in [0.25, 0.3) is 0 Å². The number of nitrogens with zero attached hydrogens (tertiary/aromatic N) is 2. The third-order valence-corrected chi connectivity index (χ3v) is 6.50. The van der Waals surface area contributed by atoms with Crippen molar-refractivity contribution >= 4 is 40.6 Å². The van der Waals surface area contributed by atoms with Crippen molar-refractivity contribution in [2.24, 2.45) is 5.92 Å². The van der Waals surface area contributed by atoms with Gasteiger partial charge in [-0.15, -0.1) is 11.3 Å². The molecule has 1 fully saturated rings. The number of carbonyl (C=O) groups excluding carboxylic acids is 3. The van der Waals surface area contributed by atoms with E-state index >= 15 is 0 Å². The third kappa shape index (κ3) is 4.62. The molecule has 0 radical (unpaired) electrons. The minimum absolute atomic E-state index is 0.159. The van der Waals surface area contributed by atoms with Crippen molar-refractivity contribution in [2.75, 3.05) is 24.6 Å². The third-order valence-electron chi connectivity index (χ3n) is 5.32. The Kier molecular flexibility index (Phi) is 6.71. The molecule has 9 heteroatoms. The largest absolute Gasteiger partial charge is 0.383 e. The fourth-order valence-electron chi connectivity index (χ4n) is 3.64. The van der Waals surface area contributed by atoms with Crippen LogP contribution >= 0.6 is 11.3 Å². The number of likely N-dealkylation sites (tertiary alicyclic amines) is 1. The first-order chi connectivity index (χ1) is 14.3. The summed E-state index contributed by atoms with van der Waals surface area (Å²) in [7, 11) is 1.58. The van der Waals surface area contributed by atoms with Crippen LogP contribution in [0, 0.1) is 5.92 Å². The molecule has 3 amide bonds. The number of aryl methyl sites for hydroxylation is 1. The fraction of sp³-hybridized carbons (Fsp3) is 0.429. The molecule has 0 aliphatic carbocycles. The summed E-state index contributed by atoms with van der Waals surface area (Å²) in [4.78, 5) is 44.9. The SMILES string of the molecule is CCc1cc(NC(=O)C(=O)N2C[C@H](C)CC[C@H]2c2ccc(C(=O)NC)s2)cnc1N. The van der Waals surface area contributed by atoms with Crippen molar-refractivity contribution in [1.29, 1.82) is 0 Å². The zero-order valence-electron chi connectivity index (χ0n) is 17.4. The van der Waals surface area contributed by atoms with E-state index in [0.717, 1.165) is 23.3 Å². The van der Waals surface area contributed by atoms with Crippen molar-refractivity contribution in [2.45, 2.75) is 39.2 Å². The molecule has 3 rings (SSSR count). The number of nitrogens with two attached hydrogens (primary N) is 1. The maximum Gasteiger partial charge on any atom is 0.313 e. The van der Waals surface area contributed by atoms with E-state index in [-0.39, 0.29) is 11.9 Å². The fourth-order valence-corrected chi connectivity index (χ4v) is 4.74. The number of anilines is 2. The van der Waals surface area contributed by atoms with Gasteiger partial charge in [0.1, 0.15) is 5.82 Å². The summed E-state index contributed by atoms with van der Waals surface area (Å²) >= 11 is 1.36. The molecular formula is C21H27N5O3S. The molecule has 1 saturated heterocycles. The molecular weight excluding hydrogens is 402 g/mol. The Bertz CT molecular complexity index is 958. The zero-order valence-corrected chi connectivity index (χ0v) is 18.2. The lowest BCUT2D eigenvalue weighted by Gasteiger charge is -2.37. The lowest BCUT2D eigenvalue weighted by atomic mass is 9.93. The molecule has 8 nitrogen and oxygen atoms in total. The van der Waals surface area contributed by atoms with Crippen molar-refractivity contribution in [3.63, 3.8) is 0 Å². The molecule has 160 valence electrons. The predicted molar refractivity (Wildman–Crippen MR) is 117 cm³/mol. The molecule has 1 aliphatic rings. The minimum Gasteiger partial charge on any atom is -0.383 e. The van der Waals surface area contributed by atoms with Gasteiger partial charge in [-0.25, -0.2) is 4.98 Å². The highest BCUT2D eigenvalue weighted by Crippen LogP contribution is 2.37. The Hall–Kier alpha value is -2.94. The number of aromatic nitrogens is 1. The Labute approximate surface area is 179 Å². The molecule has 2 aromatic heterocycles. The molecule has 2 aromatic rings. The van der Waals surface area contributed by atoms with Crippen LogP contribution < -0.4 is 16.4 Å². The van der Waals surface area contributed by atoms with E-state index in [9.17, 15) is 14.4 Å². The summed E-state index contributed by atoms with van der Waals surface area (Å²) in [6.45, 7) is 4.50. The Morgan fingerprint density at radius 3 is 2.77 bits per heavy atom. The van der Waals surface area contributed by atoms with E-state index in [1.54, 1.807) is 24.1 Å². The minimum atomic E-state index is -0.703. The van der Waals surface area contributed by atoms with Crippen molar-refractivity contribution in [1.82, 2.24) is 15.2 Å². The molecule has 0 spiro atoms. The average molecular weight is 430 g/mol. The number of rotatable bonds is 4. The van der Waals surface area contributed by atoms with Gasteiger partial charge in [-0.1, -0.05) is 13.8 Å². The van der Waals surface area contributed by atoms with Crippen LogP contribution in [-0.2, 0) is 16.0 Å². The summed E-state index contributed by atoms with van der Waals surface area (Å²) in [5.74, 6) is -0.742. The molecule has 0 aromatic carbocycles. The van der Waals surface area contributed by atoms with E-state index < -0.39 is 11.8 Å². The van der Waals surface area contributed by atoms with Gasteiger partial charge in [-0.3, -0.25) is 14.4 Å². The average Bonchev–Trinajstić information content (AvgIpc) is 3.23. The molecule has 3 heterocycles. The zero-order chi connectivity index (χ0) is 21.8. The smallest absolute Gasteiger partial charge is 0.313 e. The normalized spacial score (nSPS) is 18.7. The second-order valence-corrected chi connectivity index (χ2v) is 8.63. The van der Waals surface area contributed by atoms with Crippen LogP contribution in [0.1, 0.15) is 52.8 Å². The topological polar surface area (TPSA) is 117 Å². The van der Waals surface area contributed by atoms with Crippen molar-refractivity contribution in [3.8, 4) is 0 Å². The standard InChI is InChI=1S/C21H27N5O3S/c1-4-13-9-14(10-24-18(13)22)25-20(28)21(29)26-11-12(2)5-6-15(26)16-7-8-17(30-16)19(27)23-3/h7-10,12,15H,4-6,11H2,1-3H3,(H2,22,24)(H,23,27)(H,25,28)/t12-,15+/m1/s1. The number of hydrogen-bond acceptors (Lipinski definition) is 6. The van der Waals surface area contributed by atoms with Gasteiger partial charge >= 0.3 is 11.8 Å². The van der Waals surface area contributed by atoms with Crippen LogP contribution in [0.4, 0.5) is 11.5 Å². The number of thiophene rings is 1. The number of piperidine rings is 1. The van der Waals surface area contributed by atoms with E-state index in [4.69, 9.17) is 5.73 Å². The second-order valence-electron chi connectivity index (χ2n) is 7.51. The molecule has 0 saturated carbocycles. The molecule has 4 N–H and O–H groups in total. The Morgan fingerprint density at radius 1 is 1.30 bits per heavy atom. The van der Waals surface area contributed by atoms with Gasteiger partial charge in [-0.2, -0.15) is 0 Å². The monoisotopic (exact) mass is 429 g/mol. The first kappa shape index (κ1) is 21.8. The maximum atomic E-state index is 13.0. The summed E-state index contributed by atoms with van der Waals surface area (Å²) in [5, 5.41) is 5.26. The van der Waals surface area contributed by atoms with Crippen LogP contribution in [0.5, 0.6) is 0 Å². The van der Waals surface area contributed by atoms with Gasteiger partial charge in [0.25, 0.3) is 5.91 Å². The predicted octanol–water partition coefficient (Wildman–Crippen LogP) is 2.59. The van der Waals surface area contributed by atoms with Crippen LogP contribution in [-0.4, -0.2) is 41.2 Å². The van der Waals surface area contributed by atoms with Crippen molar-refractivity contribution < 1.29 is 14.4 Å². The highest BCUT2D eigenvalue weighted by Gasteiger charge is 2.35. The summed E-state index contributed by atoms with van der Waals surface area (Å²) in [6.07, 6.45) is 3.82. The van der Waals surface area contributed by atoms with Gasteiger partial charge < -0.3 is 21.3 Å². The van der Waals surface area contributed by atoms with Gasteiger partial charge in [0.05, 0.1) is 22.8 Å². The number of nitrogens with one attached hydrogen (secondary N) is 2. The number of amides is 3. The molecule has 0 bridgehead atoms. The Balaban J connectivity index is 1.79. The van der Waals surface area contributed by atoms with Crippen LogP contribution in [0.15, 0.2) is 24.4 Å². The summed E-state index contributed by atoms with van der Waals surface area (Å²) < 4.78 is 0. The van der Waals surface area contributed by atoms with E-state index in [1.165, 1.54) is 17.5 Å². The molecule has 30 heavy (non-hydrogen) atoms. The quantitative estimate of drug-likeness (QED) is 0.646. The Morgan fingerprint density at radius 2 is 2.07 bits per heavy atom. The number of nitrogen functional groups attached to an aromatic ring is 1. The highest BCUT2D eigenvalue weighted by molar-refractivity contribution is 7.14. The second kappa shape index (κ2) is 9.25. The molecule has 1 aliphatic heterocycles. The first-order valence-corrected chi connectivity index (χ1v) is 10.8. The summed E-state index contributed by atoms with van der Waals surface area (Å²) in [5.41, 5.74) is 7.07. The highest BCUT2D eigenvalue weighted by atomic mass is 32.1. The molecule has 2 atom stereocenters. The van der Waals surface area contributed by atoms with E-state index in [0.29, 0.717) is 35.3 Å². The maximum absolute atomic E-state index is 13.0. The van der Waals surface area contributed by atoms with Crippen molar-refractivity contribution in [3.05, 3.63) is 39.7 Å². The number of pyridine rings is 1. The van der Waals surface area contributed by atoms with E-state index in [1.807, 2.05) is 13.0 Å². The lowest BCUT2D eigenvalue weighted by molar-refractivity contribution is -0.146. The lowest BCUT2D eigenvalue weighted by Crippen LogP contribution is -2.46. The van der Waals surface area contributed by atoms with Crippen LogP contribution in [0.3, 0.4) is 0 Å². The van der Waals surface area contributed by atoms with Gasteiger partial charge in [0.15, 0.2) is 0 Å². The van der Waals surface area contributed by atoms with Gasteiger partial charge in [-0.05, 0) is 48.9 Å². The van der Waals surface area contributed by atoms with E-state index in [2.05, 4.69) is 22.5 Å².